The van der Waals surface area contributed by atoms with Gasteiger partial charge in [0.05, 0.1) is 64.1 Å². The Labute approximate surface area is 256 Å². The van der Waals surface area contributed by atoms with Crippen molar-refractivity contribution in [3.8, 4) is 12.1 Å². The number of aldehydes is 1. The molecule has 0 amide bonds. The SMILES string of the molecule is CCN(CCOCCOCCOCCOCCOC(=O)/C=C\C=O)c1ccc(/N=N/c2sc(C#N)c(C)c2C#N)c(C)c1. The molecule has 2 rings (SSSR count). The molecule has 0 fully saturated rings. The van der Waals surface area contributed by atoms with Crippen molar-refractivity contribution in [1.82, 2.24) is 0 Å². The van der Waals surface area contributed by atoms with Crippen molar-refractivity contribution in [1.29, 1.82) is 10.5 Å². The van der Waals surface area contributed by atoms with Gasteiger partial charge in [-0.2, -0.15) is 10.5 Å². The first-order valence-corrected chi connectivity index (χ1v) is 14.6. The molecule has 0 aliphatic rings. The third-order valence-electron chi connectivity index (χ3n) is 5.92. The quantitative estimate of drug-likeness (QED) is 0.0636. The lowest BCUT2D eigenvalue weighted by molar-refractivity contribution is -0.139. The number of carbonyl (C=O) groups excluding carboxylic acids is 2. The predicted molar refractivity (Wildman–Crippen MR) is 161 cm³/mol. The highest BCUT2D eigenvalue weighted by molar-refractivity contribution is 7.16. The first kappa shape index (κ1) is 35.2. The summed E-state index contributed by atoms with van der Waals surface area (Å²) in [4.78, 5) is 23.9. The molecule has 0 radical (unpaired) electrons. The van der Waals surface area contributed by atoms with E-state index in [1.807, 2.05) is 25.1 Å². The number of hydrogen-bond donors (Lipinski definition) is 0. The van der Waals surface area contributed by atoms with Gasteiger partial charge in [0.1, 0.15) is 29.9 Å². The highest BCUT2D eigenvalue weighted by Crippen LogP contribution is 2.36. The van der Waals surface area contributed by atoms with Crippen molar-refractivity contribution in [2.75, 3.05) is 77.5 Å². The summed E-state index contributed by atoms with van der Waals surface area (Å²) in [6.45, 7) is 10.8. The maximum absolute atomic E-state index is 11.1. The minimum Gasteiger partial charge on any atom is -0.460 e. The molecule has 0 aliphatic carbocycles. The van der Waals surface area contributed by atoms with Gasteiger partial charge in [0.25, 0.3) is 0 Å². The summed E-state index contributed by atoms with van der Waals surface area (Å²) >= 11 is 1.17. The highest BCUT2D eigenvalue weighted by Gasteiger charge is 2.14. The van der Waals surface area contributed by atoms with E-state index in [1.54, 1.807) is 6.92 Å². The van der Waals surface area contributed by atoms with Gasteiger partial charge in [-0.1, -0.05) is 0 Å². The van der Waals surface area contributed by atoms with Crippen LogP contribution in [0.5, 0.6) is 0 Å². The Kier molecular flexibility index (Phi) is 17.1. The number of hydrogen-bond acceptors (Lipinski definition) is 13. The second-order valence-corrected chi connectivity index (χ2v) is 9.82. The number of carbonyl (C=O) groups is 2. The van der Waals surface area contributed by atoms with Gasteiger partial charge in [0.2, 0.25) is 0 Å². The van der Waals surface area contributed by atoms with Crippen molar-refractivity contribution in [2.24, 2.45) is 10.2 Å². The van der Waals surface area contributed by atoms with Gasteiger partial charge in [-0.15, -0.1) is 21.6 Å². The van der Waals surface area contributed by atoms with Gasteiger partial charge in [-0.3, -0.25) is 4.79 Å². The van der Waals surface area contributed by atoms with Crippen molar-refractivity contribution in [2.45, 2.75) is 20.8 Å². The second kappa shape index (κ2) is 20.8. The number of azo groups is 1. The van der Waals surface area contributed by atoms with Crippen LogP contribution in [0.15, 0.2) is 40.6 Å². The Morgan fingerprint density at radius 3 is 2.12 bits per heavy atom. The Morgan fingerprint density at radius 2 is 1.56 bits per heavy atom. The fourth-order valence-corrected chi connectivity index (χ4v) is 4.50. The maximum Gasteiger partial charge on any atom is 0.330 e. The molecule has 0 saturated carbocycles. The van der Waals surface area contributed by atoms with Crippen LogP contribution in [0.3, 0.4) is 0 Å². The number of nitrogens with zero attached hydrogens (tertiary/aromatic N) is 5. The molecule has 0 bridgehead atoms. The maximum atomic E-state index is 11.1. The van der Waals surface area contributed by atoms with Crippen LogP contribution in [-0.4, -0.2) is 84.8 Å². The van der Waals surface area contributed by atoms with Crippen LogP contribution in [0, 0.1) is 36.5 Å². The van der Waals surface area contributed by atoms with Crippen LogP contribution < -0.4 is 4.90 Å². The number of thiophene rings is 1. The number of anilines is 1. The van der Waals surface area contributed by atoms with E-state index in [9.17, 15) is 20.1 Å². The van der Waals surface area contributed by atoms with Gasteiger partial charge >= 0.3 is 5.97 Å². The Bertz CT molecular complexity index is 1310. The van der Waals surface area contributed by atoms with E-state index in [4.69, 9.17) is 23.7 Å². The average Bonchev–Trinajstić information content (AvgIpc) is 3.33. The number of likely N-dealkylation sites (N-methyl/N-ethyl adjacent to an activating group) is 1. The largest absolute Gasteiger partial charge is 0.460 e. The van der Waals surface area contributed by atoms with E-state index in [0.29, 0.717) is 85.8 Å². The van der Waals surface area contributed by atoms with E-state index >= 15 is 0 Å². The molecule has 12 nitrogen and oxygen atoms in total. The van der Waals surface area contributed by atoms with Gasteiger partial charge in [0, 0.05) is 24.9 Å². The lowest BCUT2D eigenvalue weighted by atomic mass is 10.1. The summed E-state index contributed by atoms with van der Waals surface area (Å²) in [5.74, 6) is -0.587. The first-order chi connectivity index (χ1) is 20.9. The van der Waals surface area contributed by atoms with Crippen molar-refractivity contribution < 1.29 is 33.3 Å². The van der Waals surface area contributed by atoms with Crippen LogP contribution in [-0.2, 0) is 33.3 Å². The third kappa shape index (κ3) is 12.8. The van der Waals surface area contributed by atoms with Crippen LogP contribution in [0.2, 0.25) is 0 Å². The zero-order valence-electron chi connectivity index (χ0n) is 24.7. The zero-order valence-corrected chi connectivity index (χ0v) is 25.6. The summed E-state index contributed by atoms with van der Waals surface area (Å²) in [5, 5.41) is 27.7. The molecule has 0 saturated heterocycles. The Balaban J connectivity index is 1.59. The van der Waals surface area contributed by atoms with E-state index < -0.39 is 5.97 Å². The molecule has 1 heterocycles. The molecular weight excluding hydrogens is 574 g/mol. The first-order valence-electron chi connectivity index (χ1n) is 13.8. The van der Waals surface area contributed by atoms with Gasteiger partial charge in [-0.25, -0.2) is 4.79 Å². The molecule has 0 aliphatic heterocycles. The molecule has 0 spiro atoms. The molecule has 13 heteroatoms. The number of esters is 1. The van der Waals surface area contributed by atoms with Gasteiger partial charge in [-0.05, 0) is 56.2 Å². The fraction of sp³-hybridized carbons (Fsp3) is 0.467. The minimum absolute atomic E-state index is 0.105. The number of rotatable bonds is 21. The van der Waals surface area contributed by atoms with Gasteiger partial charge < -0.3 is 28.6 Å². The standard InChI is InChI=1S/C30H37N5O7S/c1-4-35(9-11-38-12-13-39-14-15-40-16-17-41-18-19-42-29(37)6-5-10-36)25-7-8-27(23(2)20-25)33-34-30-26(21-31)24(3)28(22-32)43-30/h5-8,10,20H,4,9,11-19H2,1-3H3/b6-5-,34-33+. The van der Waals surface area contributed by atoms with Crippen LogP contribution >= 0.6 is 11.3 Å². The molecule has 0 atom stereocenters. The summed E-state index contributed by atoms with van der Waals surface area (Å²) in [5.41, 5.74) is 3.71. The Hall–Kier alpha value is -3.98. The molecule has 1 aromatic heterocycles. The third-order valence-corrected chi connectivity index (χ3v) is 7.00. The summed E-state index contributed by atoms with van der Waals surface area (Å²) in [6, 6.07) is 10.1. The highest BCUT2D eigenvalue weighted by atomic mass is 32.1. The lowest BCUT2D eigenvalue weighted by Crippen LogP contribution is -2.27. The number of benzene rings is 1. The summed E-state index contributed by atoms with van der Waals surface area (Å²) in [7, 11) is 0. The molecule has 1 aromatic carbocycles. The van der Waals surface area contributed by atoms with Crippen LogP contribution in [0.4, 0.5) is 16.4 Å². The molecule has 2 aromatic rings. The minimum atomic E-state index is -0.587. The lowest BCUT2D eigenvalue weighted by Gasteiger charge is -2.23. The summed E-state index contributed by atoms with van der Waals surface area (Å²) in [6.07, 6.45) is 2.62. The topological polar surface area (TPSA) is 156 Å². The second-order valence-electron chi connectivity index (χ2n) is 8.82. The zero-order chi connectivity index (χ0) is 31.3. The van der Waals surface area contributed by atoms with Crippen molar-refractivity contribution in [3.63, 3.8) is 0 Å². The number of ether oxygens (including phenoxy) is 5. The smallest absolute Gasteiger partial charge is 0.330 e. The molecule has 0 unspecified atom stereocenters. The molecule has 43 heavy (non-hydrogen) atoms. The normalized spacial score (nSPS) is 11.1. The van der Waals surface area contributed by atoms with E-state index in [1.165, 1.54) is 11.3 Å². The fourth-order valence-electron chi connectivity index (χ4n) is 3.63. The monoisotopic (exact) mass is 611 g/mol. The summed E-state index contributed by atoms with van der Waals surface area (Å²) < 4.78 is 26.8. The van der Waals surface area contributed by atoms with Crippen LogP contribution in [0.25, 0.3) is 0 Å². The predicted octanol–water partition coefficient (Wildman–Crippen LogP) is 4.71. The number of allylic oxidation sites excluding steroid dienone is 1. The Morgan fingerprint density at radius 1 is 0.930 bits per heavy atom. The average molecular weight is 612 g/mol. The van der Waals surface area contributed by atoms with Crippen LogP contribution in [0.1, 0.15) is 28.5 Å². The molecule has 230 valence electrons. The number of nitriles is 2. The van der Waals surface area contributed by atoms with Crippen molar-refractivity contribution in [3.05, 3.63) is 51.9 Å². The van der Waals surface area contributed by atoms with Crippen molar-refractivity contribution >= 4 is 40.0 Å². The number of aryl methyl sites for hydroxylation is 1. The van der Waals surface area contributed by atoms with E-state index in [0.717, 1.165) is 29.9 Å². The van der Waals surface area contributed by atoms with Gasteiger partial charge in [0.15, 0.2) is 5.00 Å². The van der Waals surface area contributed by atoms with E-state index in [-0.39, 0.29) is 13.2 Å². The van der Waals surface area contributed by atoms with E-state index in [2.05, 4.69) is 34.2 Å². The molecular formula is C30H37N5O7S. The molecule has 0 N–H and O–H groups in total.